The maximum Gasteiger partial charge on any atom is 0.143 e. The van der Waals surface area contributed by atoms with Gasteiger partial charge in [-0.15, -0.1) is 0 Å². The Bertz CT molecular complexity index is 2630. The Balaban J connectivity index is 1.37. The molecular weight excluding hydrogens is 576 g/mol. The first-order valence-electron chi connectivity index (χ1n) is 15.7. The Morgan fingerprint density at radius 3 is 1.64 bits per heavy atom. The molecule has 0 aliphatic heterocycles. The molecular formula is C44H28O3. The van der Waals surface area contributed by atoms with Gasteiger partial charge in [-0.3, -0.25) is 0 Å². The zero-order valence-electron chi connectivity index (χ0n) is 25.3. The first kappa shape index (κ1) is 27.0. The highest BCUT2D eigenvalue weighted by Gasteiger charge is 2.24. The van der Waals surface area contributed by atoms with E-state index in [4.69, 9.17) is 4.42 Å². The Kier molecular flexibility index (Phi) is 6.12. The first-order chi connectivity index (χ1) is 23.2. The van der Waals surface area contributed by atoms with Crippen LogP contribution >= 0.6 is 0 Å². The standard InChI is InChI=1S/C44H28O3/c45-36-24-25-37(46)43-41(33-19-8-7-18-32(33)39(42(36)43)28-14-5-2-6-15-28)34-21-11-23-38-40(34)35-22-10-20-31(44(35)47-38)30-17-9-16-29(26-30)27-12-3-1-4-13-27/h1-26,45-46H. The fourth-order valence-corrected chi connectivity index (χ4v) is 7.24. The monoisotopic (exact) mass is 604 g/mol. The molecule has 0 aliphatic carbocycles. The minimum Gasteiger partial charge on any atom is -0.507 e. The van der Waals surface area contributed by atoms with Crippen molar-refractivity contribution in [3.8, 4) is 56.0 Å². The molecule has 1 heterocycles. The minimum absolute atomic E-state index is 0.110. The van der Waals surface area contributed by atoms with Crippen LogP contribution < -0.4 is 0 Å². The van der Waals surface area contributed by atoms with Gasteiger partial charge in [0, 0.05) is 38.2 Å². The van der Waals surface area contributed by atoms with Crippen LogP contribution in [0, 0.1) is 0 Å². The molecule has 0 radical (unpaired) electrons. The fourth-order valence-electron chi connectivity index (χ4n) is 7.24. The summed E-state index contributed by atoms with van der Waals surface area (Å²) < 4.78 is 6.70. The summed E-state index contributed by atoms with van der Waals surface area (Å²) in [6, 6.07) is 52.8. The van der Waals surface area contributed by atoms with Crippen LogP contribution in [0.3, 0.4) is 0 Å². The molecule has 0 atom stereocenters. The summed E-state index contributed by atoms with van der Waals surface area (Å²) >= 11 is 0. The third-order valence-electron chi connectivity index (χ3n) is 9.26. The molecule has 0 aliphatic rings. The first-order valence-corrected chi connectivity index (χ1v) is 15.7. The van der Waals surface area contributed by atoms with E-state index in [2.05, 4.69) is 84.9 Å². The largest absolute Gasteiger partial charge is 0.507 e. The summed E-state index contributed by atoms with van der Waals surface area (Å²) in [6.45, 7) is 0. The van der Waals surface area contributed by atoms with E-state index in [1.165, 1.54) is 0 Å². The van der Waals surface area contributed by atoms with Crippen LogP contribution in [-0.4, -0.2) is 10.2 Å². The summed E-state index contributed by atoms with van der Waals surface area (Å²) in [4.78, 5) is 0. The third-order valence-corrected chi connectivity index (χ3v) is 9.26. The van der Waals surface area contributed by atoms with Crippen LogP contribution in [0.15, 0.2) is 162 Å². The Labute approximate surface area is 271 Å². The highest BCUT2D eigenvalue weighted by Crippen LogP contribution is 2.51. The molecule has 47 heavy (non-hydrogen) atoms. The SMILES string of the molecule is Oc1ccc(O)c2c(-c3cccc4oc5c(-c6cccc(-c7ccccc7)c6)cccc5c34)c3ccccc3c(-c3ccccc3)c12. The molecule has 0 fully saturated rings. The quantitative estimate of drug-likeness (QED) is 0.155. The van der Waals surface area contributed by atoms with Crippen molar-refractivity contribution in [3.05, 3.63) is 158 Å². The maximum atomic E-state index is 11.6. The van der Waals surface area contributed by atoms with Gasteiger partial charge in [0.2, 0.25) is 0 Å². The molecule has 9 aromatic rings. The zero-order chi connectivity index (χ0) is 31.5. The molecule has 0 unspecified atom stereocenters. The highest BCUT2D eigenvalue weighted by atomic mass is 16.3. The lowest BCUT2D eigenvalue weighted by atomic mass is 9.84. The molecule has 0 bridgehead atoms. The number of furan rings is 1. The lowest BCUT2D eigenvalue weighted by Crippen LogP contribution is -1.92. The average molecular weight is 605 g/mol. The predicted molar refractivity (Wildman–Crippen MR) is 194 cm³/mol. The van der Waals surface area contributed by atoms with Crippen molar-refractivity contribution in [2.45, 2.75) is 0 Å². The second-order valence-corrected chi connectivity index (χ2v) is 11.9. The van der Waals surface area contributed by atoms with E-state index in [0.29, 0.717) is 10.8 Å². The normalized spacial score (nSPS) is 11.6. The van der Waals surface area contributed by atoms with Gasteiger partial charge in [0.15, 0.2) is 0 Å². The van der Waals surface area contributed by atoms with Gasteiger partial charge in [-0.05, 0) is 62.9 Å². The van der Waals surface area contributed by atoms with Crippen LogP contribution in [0.4, 0.5) is 0 Å². The van der Waals surface area contributed by atoms with Crippen LogP contribution in [0.25, 0.3) is 88.0 Å². The van der Waals surface area contributed by atoms with Crippen LogP contribution in [0.2, 0.25) is 0 Å². The molecule has 3 nitrogen and oxygen atoms in total. The Hall–Kier alpha value is -6.32. The zero-order valence-corrected chi connectivity index (χ0v) is 25.3. The maximum absolute atomic E-state index is 11.6. The summed E-state index contributed by atoms with van der Waals surface area (Å²) in [5.74, 6) is 0.229. The second-order valence-electron chi connectivity index (χ2n) is 11.9. The van der Waals surface area contributed by atoms with E-state index in [1.807, 2.05) is 60.7 Å². The number of fused-ring (bicyclic) bond motifs is 5. The number of rotatable bonds is 4. The number of para-hydroxylation sites is 1. The lowest BCUT2D eigenvalue weighted by Gasteiger charge is -2.19. The Morgan fingerprint density at radius 2 is 0.894 bits per heavy atom. The molecule has 9 rings (SSSR count). The van der Waals surface area contributed by atoms with Gasteiger partial charge < -0.3 is 14.6 Å². The van der Waals surface area contributed by atoms with E-state index >= 15 is 0 Å². The number of aromatic hydroxyl groups is 2. The summed E-state index contributed by atoms with van der Waals surface area (Å²) in [6.07, 6.45) is 0. The summed E-state index contributed by atoms with van der Waals surface area (Å²) in [5, 5.41) is 28.2. The van der Waals surface area contributed by atoms with Crippen LogP contribution in [0.5, 0.6) is 11.5 Å². The molecule has 2 N–H and O–H groups in total. The number of phenols is 2. The smallest absolute Gasteiger partial charge is 0.143 e. The van der Waals surface area contributed by atoms with Crippen molar-refractivity contribution >= 4 is 43.5 Å². The van der Waals surface area contributed by atoms with Gasteiger partial charge in [0.05, 0.1) is 0 Å². The van der Waals surface area contributed by atoms with Gasteiger partial charge in [-0.25, -0.2) is 0 Å². The third kappa shape index (κ3) is 4.21. The second kappa shape index (κ2) is 10.6. The molecule has 8 aromatic carbocycles. The number of benzene rings is 8. The molecule has 3 heteroatoms. The Morgan fingerprint density at radius 1 is 0.362 bits per heavy atom. The van der Waals surface area contributed by atoms with Gasteiger partial charge >= 0.3 is 0 Å². The minimum atomic E-state index is 0.110. The van der Waals surface area contributed by atoms with Gasteiger partial charge in [0.1, 0.15) is 22.7 Å². The van der Waals surface area contributed by atoms with E-state index in [1.54, 1.807) is 12.1 Å². The molecule has 222 valence electrons. The van der Waals surface area contributed by atoms with Gasteiger partial charge in [0.25, 0.3) is 0 Å². The molecule has 0 amide bonds. The van der Waals surface area contributed by atoms with E-state index in [-0.39, 0.29) is 11.5 Å². The fraction of sp³-hybridized carbons (Fsp3) is 0. The summed E-state index contributed by atoms with van der Waals surface area (Å²) in [7, 11) is 0. The van der Waals surface area contributed by atoms with Gasteiger partial charge in [-0.1, -0.05) is 133 Å². The number of hydrogen-bond acceptors (Lipinski definition) is 3. The van der Waals surface area contributed by atoms with E-state index in [9.17, 15) is 10.2 Å². The molecule has 0 saturated carbocycles. The molecule has 1 aromatic heterocycles. The van der Waals surface area contributed by atoms with Crippen molar-refractivity contribution in [3.63, 3.8) is 0 Å². The van der Waals surface area contributed by atoms with Crippen LogP contribution in [0.1, 0.15) is 0 Å². The lowest BCUT2D eigenvalue weighted by molar-refractivity contribution is 0.470. The average Bonchev–Trinajstić information content (AvgIpc) is 3.52. The van der Waals surface area contributed by atoms with Crippen molar-refractivity contribution < 1.29 is 14.6 Å². The van der Waals surface area contributed by atoms with Crippen molar-refractivity contribution in [2.75, 3.05) is 0 Å². The highest BCUT2D eigenvalue weighted by molar-refractivity contribution is 6.28. The number of phenolic OH excluding ortho intramolecular Hbond substituents is 2. The topological polar surface area (TPSA) is 53.6 Å². The van der Waals surface area contributed by atoms with Crippen molar-refractivity contribution in [1.29, 1.82) is 0 Å². The summed E-state index contributed by atoms with van der Waals surface area (Å²) in [5.41, 5.74) is 9.59. The number of hydrogen-bond donors (Lipinski definition) is 2. The van der Waals surface area contributed by atoms with Crippen LogP contribution in [-0.2, 0) is 0 Å². The van der Waals surface area contributed by atoms with E-state index in [0.717, 1.165) is 77.2 Å². The van der Waals surface area contributed by atoms with Crippen molar-refractivity contribution in [1.82, 2.24) is 0 Å². The molecule has 0 saturated heterocycles. The predicted octanol–water partition coefficient (Wildman–Crippen LogP) is 12.0. The van der Waals surface area contributed by atoms with E-state index < -0.39 is 0 Å². The van der Waals surface area contributed by atoms with Gasteiger partial charge in [-0.2, -0.15) is 0 Å². The molecule has 0 spiro atoms. The van der Waals surface area contributed by atoms with Crippen molar-refractivity contribution in [2.24, 2.45) is 0 Å².